The highest BCUT2D eigenvalue weighted by molar-refractivity contribution is 7.89. The zero-order valence-electron chi connectivity index (χ0n) is 18.2. The molecule has 0 unspecified atom stereocenters. The number of carbonyl (C=O) groups is 1. The summed E-state index contributed by atoms with van der Waals surface area (Å²) in [6, 6.07) is 17.4. The van der Waals surface area contributed by atoms with Crippen molar-refractivity contribution < 1.29 is 13.2 Å². The molecule has 0 bridgehead atoms. The summed E-state index contributed by atoms with van der Waals surface area (Å²) in [7, 11) is -3.68. The minimum Gasteiger partial charge on any atom is -0.307 e. The maximum atomic E-state index is 13.1. The summed E-state index contributed by atoms with van der Waals surface area (Å²) < 4.78 is 29.3. The van der Waals surface area contributed by atoms with Gasteiger partial charge in [-0.05, 0) is 50.6 Å². The molecule has 164 valence electrons. The molecule has 8 heteroatoms. The Bertz CT molecular complexity index is 1140. The Hall–Kier alpha value is -2.97. The van der Waals surface area contributed by atoms with E-state index in [4.69, 9.17) is 0 Å². The van der Waals surface area contributed by atoms with Crippen LogP contribution in [0.3, 0.4) is 0 Å². The first-order chi connectivity index (χ1) is 14.7. The molecule has 1 N–H and O–H groups in total. The average molecular weight is 441 g/mol. The fraction of sp³-hybridized carbons (Fsp3) is 0.304. The molecular formula is C23H28N4O3S. The third-order valence-corrected chi connectivity index (χ3v) is 6.83. The number of nitrogens with zero attached hydrogens (tertiary/aromatic N) is 3. The van der Waals surface area contributed by atoms with Crippen LogP contribution in [0.15, 0.2) is 65.6 Å². The van der Waals surface area contributed by atoms with E-state index >= 15 is 0 Å². The van der Waals surface area contributed by atoms with E-state index < -0.39 is 10.0 Å². The average Bonchev–Trinajstić information content (AvgIpc) is 3.13. The molecule has 3 rings (SSSR count). The van der Waals surface area contributed by atoms with Crippen LogP contribution in [-0.4, -0.2) is 35.0 Å². The first-order valence-electron chi connectivity index (χ1n) is 10.2. The molecule has 0 fully saturated rings. The van der Waals surface area contributed by atoms with Gasteiger partial charge in [0.25, 0.3) is 5.91 Å². The van der Waals surface area contributed by atoms with Crippen molar-refractivity contribution in [1.82, 2.24) is 14.1 Å². The van der Waals surface area contributed by atoms with Crippen molar-refractivity contribution in [3.8, 4) is 0 Å². The van der Waals surface area contributed by atoms with Crippen LogP contribution in [0.5, 0.6) is 0 Å². The number of anilines is 1. The minimum atomic E-state index is -3.68. The highest BCUT2D eigenvalue weighted by Gasteiger charge is 2.23. The molecule has 7 nitrogen and oxygen atoms in total. The Morgan fingerprint density at radius 1 is 1.10 bits per heavy atom. The van der Waals surface area contributed by atoms with Crippen LogP contribution in [0.25, 0.3) is 0 Å². The minimum absolute atomic E-state index is 0.0983. The van der Waals surface area contributed by atoms with Gasteiger partial charge in [-0.15, -0.1) is 0 Å². The second-order valence-corrected chi connectivity index (χ2v) is 9.54. The highest BCUT2D eigenvalue weighted by atomic mass is 32.2. The van der Waals surface area contributed by atoms with Crippen molar-refractivity contribution in [1.29, 1.82) is 0 Å². The Morgan fingerprint density at radius 2 is 1.74 bits per heavy atom. The molecule has 31 heavy (non-hydrogen) atoms. The summed E-state index contributed by atoms with van der Waals surface area (Å²) >= 11 is 0. The van der Waals surface area contributed by atoms with Crippen molar-refractivity contribution in [2.24, 2.45) is 0 Å². The maximum Gasteiger partial charge on any atom is 0.256 e. The van der Waals surface area contributed by atoms with E-state index in [1.54, 1.807) is 10.7 Å². The molecule has 0 spiro atoms. The van der Waals surface area contributed by atoms with Gasteiger partial charge in [0.15, 0.2) is 0 Å². The summed E-state index contributed by atoms with van der Waals surface area (Å²) in [5.74, 6) is 0.289. The number of sulfonamides is 1. The lowest BCUT2D eigenvalue weighted by atomic mass is 10.2. The van der Waals surface area contributed by atoms with Gasteiger partial charge >= 0.3 is 0 Å². The van der Waals surface area contributed by atoms with E-state index in [0.717, 1.165) is 11.3 Å². The number of benzene rings is 2. The molecule has 0 aliphatic carbocycles. The Kier molecular flexibility index (Phi) is 6.92. The number of aryl methyl sites for hydroxylation is 1. The van der Waals surface area contributed by atoms with Gasteiger partial charge in [-0.2, -0.15) is 9.40 Å². The summed E-state index contributed by atoms with van der Waals surface area (Å²) in [6.07, 6.45) is 0. The smallest absolute Gasteiger partial charge is 0.256 e. The number of nitrogens with one attached hydrogen (secondary N) is 1. The predicted molar refractivity (Wildman–Crippen MR) is 121 cm³/mol. The van der Waals surface area contributed by atoms with Gasteiger partial charge in [-0.1, -0.05) is 37.3 Å². The van der Waals surface area contributed by atoms with Crippen molar-refractivity contribution in [3.63, 3.8) is 0 Å². The fourth-order valence-corrected chi connectivity index (χ4v) is 4.71. The third-order valence-electron chi connectivity index (χ3n) is 4.90. The Labute approximate surface area is 183 Å². The predicted octanol–water partition coefficient (Wildman–Crippen LogP) is 4.24. The molecule has 0 aliphatic rings. The Morgan fingerprint density at radius 3 is 2.32 bits per heavy atom. The normalized spacial score (nSPS) is 11.8. The Balaban J connectivity index is 1.77. The maximum absolute atomic E-state index is 13.1. The van der Waals surface area contributed by atoms with E-state index in [9.17, 15) is 13.2 Å². The summed E-state index contributed by atoms with van der Waals surface area (Å²) in [6.45, 7) is 8.27. The van der Waals surface area contributed by atoms with Gasteiger partial charge in [0.2, 0.25) is 10.0 Å². The zero-order chi connectivity index (χ0) is 22.6. The van der Waals surface area contributed by atoms with Crippen LogP contribution in [0.2, 0.25) is 0 Å². The lowest BCUT2D eigenvalue weighted by Crippen LogP contribution is -2.30. The van der Waals surface area contributed by atoms with Gasteiger partial charge in [0.05, 0.1) is 10.6 Å². The van der Waals surface area contributed by atoms with Crippen molar-refractivity contribution >= 4 is 21.7 Å². The van der Waals surface area contributed by atoms with Crippen LogP contribution in [0.4, 0.5) is 5.82 Å². The van der Waals surface area contributed by atoms with Crippen LogP contribution >= 0.6 is 0 Å². The first-order valence-corrected chi connectivity index (χ1v) is 11.7. The largest absolute Gasteiger partial charge is 0.307 e. The molecule has 0 atom stereocenters. The van der Waals surface area contributed by atoms with Crippen LogP contribution in [0, 0.1) is 6.92 Å². The summed E-state index contributed by atoms with van der Waals surface area (Å²) in [4.78, 5) is 12.8. The van der Waals surface area contributed by atoms with Crippen molar-refractivity contribution in [2.45, 2.75) is 45.2 Å². The molecule has 1 heterocycles. The monoisotopic (exact) mass is 440 g/mol. The van der Waals surface area contributed by atoms with Crippen LogP contribution in [-0.2, 0) is 16.6 Å². The lowest BCUT2D eigenvalue weighted by molar-refractivity contribution is 0.102. The molecule has 0 saturated carbocycles. The topological polar surface area (TPSA) is 84.3 Å². The molecule has 0 radical (unpaired) electrons. The zero-order valence-corrected chi connectivity index (χ0v) is 19.1. The van der Waals surface area contributed by atoms with Crippen LogP contribution < -0.4 is 5.32 Å². The standard InChI is InChI=1S/C23H28N4O3S/c1-5-26(16-19-9-7-6-8-10-19)31(29,30)21-13-11-20(12-14-21)23(28)24-22-15-18(4)25-27(22)17(2)3/h6-15,17H,5,16H2,1-4H3,(H,24,28). The molecule has 1 amide bonds. The highest BCUT2D eigenvalue weighted by Crippen LogP contribution is 2.20. The number of hydrogen-bond acceptors (Lipinski definition) is 4. The number of amides is 1. The quantitative estimate of drug-likeness (QED) is 0.568. The van der Waals surface area contributed by atoms with Gasteiger partial charge in [0.1, 0.15) is 5.82 Å². The summed E-state index contributed by atoms with van der Waals surface area (Å²) in [5.41, 5.74) is 2.10. The van der Waals surface area contributed by atoms with Gasteiger partial charge < -0.3 is 5.32 Å². The second-order valence-electron chi connectivity index (χ2n) is 7.60. The van der Waals surface area contributed by atoms with Crippen LogP contribution in [0.1, 0.15) is 48.4 Å². The number of rotatable bonds is 8. The van der Waals surface area contributed by atoms with Crippen molar-refractivity contribution in [3.05, 3.63) is 77.5 Å². The molecular weight excluding hydrogens is 412 g/mol. The SMILES string of the molecule is CCN(Cc1ccccc1)S(=O)(=O)c1ccc(C(=O)Nc2cc(C)nn2C(C)C)cc1. The molecule has 3 aromatic rings. The van der Waals surface area contributed by atoms with Gasteiger partial charge in [0, 0.05) is 30.8 Å². The molecule has 2 aromatic carbocycles. The van der Waals surface area contributed by atoms with E-state index in [2.05, 4.69) is 10.4 Å². The molecule has 1 aromatic heterocycles. The van der Waals surface area contributed by atoms with E-state index in [1.807, 2.05) is 58.0 Å². The first kappa shape index (κ1) is 22.7. The van der Waals surface area contributed by atoms with Gasteiger partial charge in [-0.3, -0.25) is 4.79 Å². The molecule has 0 saturated heterocycles. The number of hydrogen-bond donors (Lipinski definition) is 1. The number of aromatic nitrogens is 2. The van der Waals surface area contributed by atoms with E-state index in [-0.39, 0.29) is 16.8 Å². The number of carbonyl (C=O) groups excluding carboxylic acids is 1. The van der Waals surface area contributed by atoms with Crippen molar-refractivity contribution in [2.75, 3.05) is 11.9 Å². The summed E-state index contributed by atoms with van der Waals surface area (Å²) in [5, 5.41) is 7.24. The lowest BCUT2D eigenvalue weighted by Gasteiger charge is -2.20. The second kappa shape index (κ2) is 9.45. The molecule has 0 aliphatic heterocycles. The van der Waals surface area contributed by atoms with Gasteiger partial charge in [-0.25, -0.2) is 13.1 Å². The third kappa shape index (κ3) is 5.21. The fourth-order valence-electron chi connectivity index (χ4n) is 3.27. The van der Waals surface area contributed by atoms with E-state index in [0.29, 0.717) is 24.5 Å². The van der Waals surface area contributed by atoms with E-state index in [1.165, 1.54) is 28.6 Å².